The second-order valence-corrected chi connectivity index (χ2v) is 3.26. The highest BCUT2D eigenvalue weighted by Crippen LogP contribution is 1.93. The minimum Gasteiger partial charge on any atom is -0.364 e. The van der Waals surface area contributed by atoms with Gasteiger partial charge in [-0.1, -0.05) is 5.92 Å². The Morgan fingerprint density at radius 3 is 2.87 bits per heavy atom. The van der Waals surface area contributed by atoms with Gasteiger partial charge in [-0.15, -0.1) is 6.42 Å². The number of nitrogens with one attached hydrogen (secondary N) is 2. The van der Waals surface area contributed by atoms with Crippen LogP contribution in [0.25, 0.3) is 0 Å². The summed E-state index contributed by atoms with van der Waals surface area (Å²) < 4.78 is 0. The van der Waals surface area contributed by atoms with Crippen LogP contribution in [0.5, 0.6) is 0 Å². The van der Waals surface area contributed by atoms with Crippen molar-refractivity contribution in [1.29, 1.82) is 0 Å². The molecule has 0 aliphatic heterocycles. The Balaban J connectivity index is 2.94. The van der Waals surface area contributed by atoms with Crippen LogP contribution in [0.2, 0.25) is 0 Å². The number of carbonyl (C=O) groups is 1. The van der Waals surface area contributed by atoms with E-state index in [1.165, 1.54) is 12.3 Å². The number of terminal acetylenes is 1. The molecule has 0 fully saturated rings. The fraction of sp³-hybridized carbons (Fsp3) is 0.273. The Morgan fingerprint density at radius 1 is 1.67 bits per heavy atom. The summed E-state index contributed by atoms with van der Waals surface area (Å²) in [6, 6.07) is 0.980. The molecule has 0 saturated carbocycles. The van der Waals surface area contributed by atoms with Gasteiger partial charge in [0.05, 0.1) is 6.04 Å². The standard InChI is InChI=1S/C11H12N2O2/c1-4-7(2)13-11(15)9-6-12-8(3)5-10(9)14/h1,5-7H,2-3H3,(H,12,14)(H,13,15). The van der Waals surface area contributed by atoms with Crippen molar-refractivity contribution in [3.8, 4) is 12.3 Å². The van der Waals surface area contributed by atoms with E-state index in [-0.39, 0.29) is 11.0 Å². The maximum Gasteiger partial charge on any atom is 0.257 e. The molecule has 4 heteroatoms. The zero-order valence-corrected chi connectivity index (χ0v) is 8.63. The molecule has 0 aliphatic carbocycles. The largest absolute Gasteiger partial charge is 0.364 e. The molecule has 1 aromatic rings. The molecule has 0 spiro atoms. The smallest absolute Gasteiger partial charge is 0.257 e. The lowest BCUT2D eigenvalue weighted by molar-refractivity contribution is 0.0946. The van der Waals surface area contributed by atoms with Crippen LogP contribution in [0.3, 0.4) is 0 Å². The van der Waals surface area contributed by atoms with Crippen LogP contribution in [-0.4, -0.2) is 16.9 Å². The van der Waals surface area contributed by atoms with E-state index in [4.69, 9.17) is 6.42 Å². The maximum atomic E-state index is 11.5. The van der Waals surface area contributed by atoms with E-state index in [9.17, 15) is 9.59 Å². The summed E-state index contributed by atoms with van der Waals surface area (Å²) in [6.45, 7) is 3.41. The Morgan fingerprint density at radius 2 is 2.33 bits per heavy atom. The molecule has 0 aromatic carbocycles. The number of carbonyl (C=O) groups excluding carboxylic acids is 1. The van der Waals surface area contributed by atoms with Crippen LogP contribution < -0.4 is 10.7 Å². The molecule has 1 amide bonds. The highest BCUT2D eigenvalue weighted by Gasteiger charge is 2.11. The van der Waals surface area contributed by atoms with Crippen molar-refractivity contribution in [2.75, 3.05) is 0 Å². The normalized spacial score (nSPS) is 11.5. The number of H-pyrrole nitrogens is 1. The molecule has 4 nitrogen and oxygen atoms in total. The average Bonchev–Trinajstić information content (AvgIpc) is 2.17. The van der Waals surface area contributed by atoms with Crippen molar-refractivity contribution in [2.24, 2.45) is 0 Å². The molecule has 0 saturated heterocycles. The van der Waals surface area contributed by atoms with Crippen molar-refractivity contribution >= 4 is 5.91 Å². The number of hydrogen-bond acceptors (Lipinski definition) is 2. The van der Waals surface area contributed by atoms with Gasteiger partial charge in [0.25, 0.3) is 5.91 Å². The maximum absolute atomic E-state index is 11.5. The molecule has 0 radical (unpaired) electrons. The highest BCUT2D eigenvalue weighted by molar-refractivity contribution is 5.94. The number of pyridine rings is 1. The molecular formula is C11H12N2O2. The van der Waals surface area contributed by atoms with Crippen molar-refractivity contribution < 1.29 is 4.79 Å². The second-order valence-electron chi connectivity index (χ2n) is 3.26. The minimum atomic E-state index is -0.457. The quantitative estimate of drug-likeness (QED) is 0.686. The summed E-state index contributed by atoms with van der Waals surface area (Å²) in [6.07, 6.45) is 6.50. The third kappa shape index (κ3) is 2.71. The first-order valence-corrected chi connectivity index (χ1v) is 4.51. The zero-order chi connectivity index (χ0) is 11.4. The summed E-state index contributed by atoms with van der Waals surface area (Å²) in [4.78, 5) is 25.7. The molecule has 1 heterocycles. The van der Waals surface area contributed by atoms with Crippen LogP contribution in [0.1, 0.15) is 23.0 Å². The predicted octanol–water partition coefficient (Wildman–Crippen LogP) is 0.435. The fourth-order valence-corrected chi connectivity index (χ4v) is 1.07. The predicted molar refractivity (Wildman–Crippen MR) is 57.6 cm³/mol. The molecule has 1 atom stereocenters. The Bertz CT molecular complexity index is 468. The van der Waals surface area contributed by atoms with E-state index in [1.54, 1.807) is 13.8 Å². The molecule has 1 unspecified atom stereocenters. The van der Waals surface area contributed by atoms with Gasteiger partial charge in [0.1, 0.15) is 5.56 Å². The van der Waals surface area contributed by atoms with E-state index < -0.39 is 11.9 Å². The van der Waals surface area contributed by atoms with Crippen molar-refractivity contribution in [3.05, 3.63) is 33.7 Å². The first kappa shape index (κ1) is 11.1. The SMILES string of the molecule is C#CC(C)NC(=O)c1c[nH]c(C)cc1=O. The van der Waals surface area contributed by atoms with Gasteiger partial charge < -0.3 is 10.3 Å². The van der Waals surface area contributed by atoms with Gasteiger partial charge in [-0.3, -0.25) is 9.59 Å². The van der Waals surface area contributed by atoms with Gasteiger partial charge in [0.15, 0.2) is 5.43 Å². The van der Waals surface area contributed by atoms with Crippen molar-refractivity contribution in [3.63, 3.8) is 0 Å². The number of hydrogen-bond donors (Lipinski definition) is 2. The first-order valence-electron chi connectivity index (χ1n) is 4.51. The molecule has 15 heavy (non-hydrogen) atoms. The van der Waals surface area contributed by atoms with Crippen LogP contribution in [-0.2, 0) is 0 Å². The van der Waals surface area contributed by atoms with Gasteiger partial charge >= 0.3 is 0 Å². The minimum absolute atomic E-state index is 0.0719. The monoisotopic (exact) mass is 204 g/mol. The number of aromatic amines is 1. The molecule has 1 aromatic heterocycles. The molecule has 2 N–H and O–H groups in total. The molecule has 0 bridgehead atoms. The summed E-state index contributed by atoms with van der Waals surface area (Å²) in [5.74, 6) is 1.90. The summed E-state index contributed by atoms with van der Waals surface area (Å²) >= 11 is 0. The second kappa shape index (κ2) is 4.47. The first-order chi connectivity index (χ1) is 7.04. The molecule has 78 valence electrons. The zero-order valence-electron chi connectivity index (χ0n) is 8.63. The van der Waals surface area contributed by atoms with E-state index in [2.05, 4.69) is 16.2 Å². The van der Waals surface area contributed by atoms with Crippen LogP contribution in [0.4, 0.5) is 0 Å². The molecule has 0 aliphatic rings. The summed E-state index contributed by atoms with van der Waals surface area (Å²) in [5, 5.41) is 2.51. The van der Waals surface area contributed by atoms with Crippen LogP contribution in [0, 0.1) is 19.3 Å². The van der Waals surface area contributed by atoms with Crippen LogP contribution >= 0.6 is 0 Å². The number of aromatic nitrogens is 1. The van der Waals surface area contributed by atoms with Gasteiger partial charge in [0, 0.05) is 18.0 Å². The molecule has 1 rings (SSSR count). The molecular weight excluding hydrogens is 192 g/mol. The summed E-state index contributed by atoms with van der Waals surface area (Å²) in [7, 11) is 0. The Kier molecular flexibility index (Phi) is 3.29. The van der Waals surface area contributed by atoms with Gasteiger partial charge in [0.2, 0.25) is 0 Å². The number of rotatable bonds is 2. The number of aryl methyl sites for hydroxylation is 1. The highest BCUT2D eigenvalue weighted by atomic mass is 16.2. The van der Waals surface area contributed by atoms with Crippen molar-refractivity contribution in [1.82, 2.24) is 10.3 Å². The lowest BCUT2D eigenvalue weighted by Gasteiger charge is -2.06. The Hall–Kier alpha value is -2.02. The Labute approximate surface area is 87.7 Å². The van der Waals surface area contributed by atoms with Gasteiger partial charge in [-0.2, -0.15) is 0 Å². The van der Waals surface area contributed by atoms with Crippen LogP contribution in [0.15, 0.2) is 17.1 Å². The lowest BCUT2D eigenvalue weighted by atomic mass is 10.2. The number of amides is 1. The average molecular weight is 204 g/mol. The fourth-order valence-electron chi connectivity index (χ4n) is 1.07. The van der Waals surface area contributed by atoms with E-state index in [0.717, 1.165) is 0 Å². The lowest BCUT2D eigenvalue weighted by Crippen LogP contribution is -2.34. The topological polar surface area (TPSA) is 62.0 Å². The van der Waals surface area contributed by atoms with Crippen molar-refractivity contribution in [2.45, 2.75) is 19.9 Å². The summed E-state index contributed by atoms with van der Waals surface area (Å²) in [5.41, 5.74) is 0.470. The van der Waals surface area contributed by atoms with E-state index in [1.807, 2.05) is 0 Å². The van der Waals surface area contributed by atoms with E-state index in [0.29, 0.717) is 5.69 Å². The third-order valence-electron chi connectivity index (χ3n) is 1.90. The van der Waals surface area contributed by atoms with Gasteiger partial charge in [-0.05, 0) is 13.8 Å². The van der Waals surface area contributed by atoms with E-state index >= 15 is 0 Å². The third-order valence-corrected chi connectivity index (χ3v) is 1.90. The van der Waals surface area contributed by atoms with Gasteiger partial charge in [-0.25, -0.2) is 0 Å².